The highest BCUT2D eigenvalue weighted by Gasteiger charge is 2.25. The number of aromatic nitrogens is 7. The second-order valence-corrected chi connectivity index (χ2v) is 8.93. The molecule has 0 saturated carbocycles. The van der Waals surface area contributed by atoms with E-state index in [4.69, 9.17) is 11.6 Å². The molecule has 1 aliphatic rings. The van der Waals surface area contributed by atoms with Crippen molar-refractivity contribution in [2.45, 2.75) is 25.6 Å². The molecule has 5 aromatic rings. The van der Waals surface area contributed by atoms with E-state index in [9.17, 15) is 5.11 Å². The highest BCUT2D eigenvalue weighted by atomic mass is 35.5. The lowest BCUT2D eigenvalue weighted by atomic mass is 10.1. The van der Waals surface area contributed by atoms with Crippen LogP contribution in [0, 0.1) is 0 Å². The molecule has 4 aromatic heterocycles. The number of aryl methyl sites for hydroxylation is 2. The summed E-state index contributed by atoms with van der Waals surface area (Å²) in [4.78, 5) is 4.42. The van der Waals surface area contributed by atoms with Gasteiger partial charge in [0.2, 0.25) is 0 Å². The second kappa shape index (κ2) is 8.68. The number of benzene rings is 1. The van der Waals surface area contributed by atoms with Crippen molar-refractivity contribution in [1.29, 1.82) is 0 Å². The first-order valence-electron chi connectivity index (χ1n) is 11.4. The molecule has 0 fully saturated rings. The van der Waals surface area contributed by atoms with E-state index in [1.165, 1.54) is 0 Å². The fourth-order valence-corrected chi connectivity index (χ4v) is 4.71. The van der Waals surface area contributed by atoms with Crippen LogP contribution in [-0.4, -0.2) is 39.2 Å². The first-order valence-corrected chi connectivity index (χ1v) is 11.7. The molecule has 0 spiro atoms. The van der Waals surface area contributed by atoms with Gasteiger partial charge in [0.05, 0.1) is 16.9 Å². The van der Waals surface area contributed by atoms with Gasteiger partial charge < -0.3 is 19.6 Å². The Morgan fingerprint density at radius 2 is 1.94 bits per heavy atom. The van der Waals surface area contributed by atoms with Crippen molar-refractivity contribution in [2.24, 2.45) is 7.05 Å². The topological polar surface area (TPSA) is 98.6 Å². The quantitative estimate of drug-likeness (QED) is 0.381. The molecule has 0 radical (unpaired) electrons. The minimum Gasteiger partial charge on any atom is -0.380 e. The summed E-state index contributed by atoms with van der Waals surface area (Å²) < 4.78 is 5.93. The summed E-state index contributed by atoms with van der Waals surface area (Å²) in [6.07, 6.45) is 5.51. The van der Waals surface area contributed by atoms with Crippen LogP contribution in [0.1, 0.15) is 23.9 Å². The average molecular weight is 487 g/mol. The first-order chi connectivity index (χ1) is 17.1. The van der Waals surface area contributed by atoms with Gasteiger partial charge in [0.1, 0.15) is 17.7 Å². The van der Waals surface area contributed by atoms with Crippen molar-refractivity contribution in [3.05, 3.63) is 83.5 Å². The number of rotatable bonds is 5. The molecule has 5 heterocycles. The molecule has 2 N–H and O–H groups in total. The average Bonchev–Trinajstić information content (AvgIpc) is 3.57. The van der Waals surface area contributed by atoms with Gasteiger partial charge >= 0.3 is 0 Å². The second-order valence-electron chi connectivity index (χ2n) is 8.52. The van der Waals surface area contributed by atoms with E-state index in [1.807, 2.05) is 54.1 Å². The third-order valence-corrected chi connectivity index (χ3v) is 6.59. The van der Waals surface area contributed by atoms with Gasteiger partial charge in [0.25, 0.3) is 0 Å². The molecule has 1 aliphatic heterocycles. The van der Waals surface area contributed by atoms with Crippen LogP contribution in [0.25, 0.3) is 22.6 Å². The Hall–Kier alpha value is -3.95. The van der Waals surface area contributed by atoms with Gasteiger partial charge in [0.15, 0.2) is 11.6 Å². The van der Waals surface area contributed by atoms with E-state index in [0.29, 0.717) is 16.7 Å². The number of hydrogen-bond acceptors (Lipinski definition) is 6. The maximum absolute atomic E-state index is 11.0. The maximum atomic E-state index is 11.0. The summed E-state index contributed by atoms with van der Waals surface area (Å²) in [6, 6.07) is 15.4. The van der Waals surface area contributed by atoms with Crippen LogP contribution in [0.2, 0.25) is 5.02 Å². The van der Waals surface area contributed by atoms with Crippen LogP contribution in [0.4, 0.5) is 11.6 Å². The molecule has 1 unspecified atom stereocenters. The Labute approximate surface area is 206 Å². The molecule has 0 saturated heterocycles. The van der Waals surface area contributed by atoms with E-state index < -0.39 is 6.10 Å². The largest absolute Gasteiger partial charge is 0.380 e. The molecule has 176 valence electrons. The Bertz CT molecular complexity index is 1500. The summed E-state index contributed by atoms with van der Waals surface area (Å²) in [7, 11) is 1.86. The molecular formula is C25H23ClN8O. The fourth-order valence-electron chi connectivity index (χ4n) is 4.50. The minimum absolute atomic E-state index is 0.548. The highest BCUT2D eigenvalue weighted by Crippen LogP contribution is 2.36. The van der Waals surface area contributed by atoms with Crippen LogP contribution in [0.3, 0.4) is 0 Å². The highest BCUT2D eigenvalue weighted by molar-refractivity contribution is 6.33. The molecular weight excluding hydrogens is 464 g/mol. The summed E-state index contributed by atoms with van der Waals surface area (Å²) in [6.45, 7) is 1.55. The monoisotopic (exact) mass is 486 g/mol. The number of halogens is 1. The van der Waals surface area contributed by atoms with Gasteiger partial charge in [0, 0.05) is 49.7 Å². The van der Waals surface area contributed by atoms with Gasteiger partial charge in [-0.1, -0.05) is 41.9 Å². The molecule has 1 atom stereocenters. The first kappa shape index (κ1) is 21.6. The molecule has 0 amide bonds. The summed E-state index contributed by atoms with van der Waals surface area (Å²) in [5.41, 5.74) is 3.55. The Kier molecular flexibility index (Phi) is 5.35. The molecule has 9 nitrogen and oxygen atoms in total. The number of aliphatic hydroxyl groups is 1. The molecule has 10 heteroatoms. The Balaban J connectivity index is 1.37. The number of aliphatic hydroxyl groups excluding tert-OH is 1. The van der Waals surface area contributed by atoms with Gasteiger partial charge in [-0.25, -0.2) is 4.98 Å². The SMILES string of the molecule is Cn1nccc1Nc1cc(-c2cc3n(c2)CCCn2c-3nnc2C(O)c2ccccc2)c(Cl)cn1. The Morgan fingerprint density at radius 1 is 1.09 bits per heavy atom. The number of fused-ring (bicyclic) bond motifs is 3. The molecule has 35 heavy (non-hydrogen) atoms. The van der Waals surface area contributed by atoms with E-state index in [-0.39, 0.29) is 0 Å². The maximum Gasteiger partial charge on any atom is 0.180 e. The van der Waals surface area contributed by atoms with E-state index >= 15 is 0 Å². The standard InChI is InChI=1S/C25H23ClN8O/c1-32-22(8-9-28-32)29-21-13-18(19(26)14-27-21)17-12-20-24-30-31-25(23(35)16-6-3-2-4-7-16)34(24)11-5-10-33(20)15-17/h2-4,6-9,12-15,23,35H,5,10-11H2,1H3,(H,27,29). The van der Waals surface area contributed by atoms with Crippen LogP contribution in [-0.2, 0) is 20.1 Å². The molecule has 6 rings (SSSR count). The third-order valence-electron chi connectivity index (χ3n) is 6.29. The lowest BCUT2D eigenvalue weighted by molar-refractivity contribution is 0.204. The van der Waals surface area contributed by atoms with Crippen molar-refractivity contribution in [2.75, 3.05) is 5.32 Å². The van der Waals surface area contributed by atoms with Crippen LogP contribution in [0.15, 0.2) is 67.1 Å². The van der Waals surface area contributed by atoms with Crippen LogP contribution >= 0.6 is 11.6 Å². The predicted octanol–water partition coefficient (Wildman–Crippen LogP) is 4.42. The number of nitrogens with one attached hydrogen (secondary N) is 1. The summed E-state index contributed by atoms with van der Waals surface area (Å²) in [5.74, 6) is 2.78. The lowest BCUT2D eigenvalue weighted by Gasteiger charge is -2.12. The van der Waals surface area contributed by atoms with Crippen molar-refractivity contribution >= 4 is 23.2 Å². The van der Waals surface area contributed by atoms with Crippen molar-refractivity contribution in [3.63, 3.8) is 0 Å². The van der Waals surface area contributed by atoms with Gasteiger partial charge in [-0.05, 0) is 24.1 Å². The smallest absolute Gasteiger partial charge is 0.180 e. The zero-order valence-corrected chi connectivity index (χ0v) is 19.8. The lowest BCUT2D eigenvalue weighted by Crippen LogP contribution is -2.10. The molecule has 0 bridgehead atoms. The molecule has 1 aromatic carbocycles. The van der Waals surface area contributed by atoms with Crippen molar-refractivity contribution < 1.29 is 5.11 Å². The number of hydrogen-bond donors (Lipinski definition) is 2. The van der Waals surface area contributed by atoms with E-state index in [1.54, 1.807) is 17.1 Å². The van der Waals surface area contributed by atoms with E-state index in [0.717, 1.165) is 53.5 Å². The number of pyridine rings is 1. The summed E-state index contributed by atoms with van der Waals surface area (Å²) >= 11 is 6.57. The van der Waals surface area contributed by atoms with Crippen molar-refractivity contribution in [3.8, 4) is 22.6 Å². The predicted molar refractivity (Wildman–Crippen MR) is 133 cm³/mol. The van der Waals surface area contributed by atoms with Gasteiger partial charge in [-0.3, -0.25) is 4.68 Å². The van der Waals surface area contributed by atoms with Gasteiger partial charge in [-0.2, -0.15) is 5.10 Å². The van der Waals surface area contributed by atoms with Crippen LogP contribution < -0.4 is 5.32 Å². The zero-order valence-electron chi connectivity index (χ0n) is 19.0. The zero-order chi connectivity index (χ0) is 23.9. The number of anilines is 2. The Morgan fingerprint density at radius 3 is 2.74 bits per heavy atom. The molecule has 0 aliphatic carbocycles. The third kappa shape index (κ3) is 3.88. The van der Waals surface area contributed by atoms with Gasteiger partial charge in [-0.15, -0.1) is 10.2 Å². The fraction of sp³-hybridized carbons (Fsp3) is 0.200. The minimum atomic E-state index is -0.839. The van der Waals surface area contributed by atoms with E-state index in [2.05, 4.69) is 42.4 Å². The normalized spacial score (nSPS) is 13.7. The number of nitrogens with zero attached hydrogens (tertiary/aromatic N) is 7. The van der Waals surface area contributed by atoms with Crippen molar-refractivity contribution in [1.82, 2.24) is 34.1 Å². The summed E-state index contributed by atoms with van der Waals surface area (Å²) in [5, 5.41) is 27.9. The van der Waals surface area contributed by atoms with Crippen LogP contribution in [0.5, 0.6) is 0 Å².